The number of para-hydroxylation sites is 1. The standard InChI is InChI=1S/C10H10N/c1-11-8-4-6-9-5-2-3-7-10(9)11/h2-3,5,7H,4,6,8H2. The van der Waals surface area contributed by atoms with E-state index in [1.54, 1.807) is 4.90 Å². The van der Waals surface area contributed by atoms with Gasteiger partial charge < -0.3 is 4.90 Å². The number of nitrogens with zero attached hydrogens (tertiary/aromatic N) is 1. The highest BCUT2D eigenvalue weighted by molar-refractivity contribution is 5.55. The lowest BCUT2D eigenvalue weighted by atomic mass is 10.0. The van der Waals surface area contributed by atoms with E-state index in [9.17, 15) is 0 Å². The van der Waals surface area contributed by atoms with Crippen LogP contribution in [0.1, 0.15) is 12.0 Å². The zero-order valence-electron chi connectivity index (χ0n) is 6.38. The summed E-state index contributed by atoms with van der Waals surface area (Å²) in [6, 6.07) is 8.15. The third-order valence-electron chi connectivity index (χ3n) is 2.11. The molecule has 0 saturated carbocycles. The van der Waals surface area contributed by atoms with Gasteiger partial charge in [0.2, 0.25) is 0 Å². The normalized spacial score (nSPS) is 16.3. The molecule has 0 amide bonds. The van der Waals surface area contributed by atoms with Crippen molar-refractivity contribution in [3.8, 4) is 0 Å². The molecule has 1 aliphatic heterocycles. The van der Waals surface area contributed by atoms with Gasteiger partial charge in [0.15, 0.2) is 0 Å². The first-order valence-corrected chi connectivity index (χ1v) is 3.94. The Bertz CT molecular complexity index is 255. The number of hydrogen-bond donors (Lipinski definition) is 0. The Hall–Kier alpha value is -0.980. The highest BCUT2D eigenvalue weighted by atomic mass is 15.1. The summed E-state index contributed by atoms with van der Waals surface area (Å²) in [5.41, 5.74) is 2.40. The van der Waals surface area contributed by atoms with Crippen LogP contribution in [0.3, 0.4) is 0 Å². The predicted molar refractivity (Wildman–Crippen MR) is 45.4 cm³/mol. The van der Waals surface area contributed by atoms with Crippen molar-refractivity contribution in [1.82, 2.24) is 0 Å². The average molecular weight is 144 g/mol. The molecule has 1 aromatic rings. The molecule has 11 heavy (non-hydrogen) atoms. The first-order valence-electron chi connectivity index (χ1n) is 3.94. The molecule has 2 rings (SSSR count). The van der Waals surface area contributed by atoms with Gasteiger partial charge in [0.25, 0.3) is 0 Å². The Morgan fingerprint density at radius 1 is 1.27 bits per heavy atom. The molecule has 3 radical (unpaired) electrons. The summed E-state index contributed by atoms with van der Waals surface area (Å²) in [7, 11) is 7.59. The van der Waals surface area contributed by atoms with Crippen molar-refractivity contribution in [1.29, 1.82) is 0 Å². The van der Waals surface area contributed by atoms with Crippen molar-refractivity contribution in [2.24, 2.45) is 0 Å². The zero-order chi connectivity index (χ0) is 7.68. The molecule has 0 N–H and O–H groups in total. The van der Waals surface area contributed by atoms with Crippen molar-refractivity contribution >= 4 is 5.69 Å². The van der Waals surface area contributed by atoms with Gasteiger partial charge >= 0.3 is 0 Å². The monoisotopic (exact) mass is 144 g/mol. The van der Waals surface area contributed by atoms with E-state index in [1.807, 2.05) is 18.2 Å². The Balaban J connectivity index is 2.44. The largest absolute Gasteiger partial charge is 0.358 e. The van der Waals surface area contributed by atoms with Crippen molar-refractivity contribution in [3.63, 3.8) is 0 Å². The lowest BCUT2D eigenvalue weighted by molar-refractivity contribution is 0.761. The van der Waals surface area contributed by atoms with Gasteiger partial charge in [-0.15, -0.1) is 0 Å². The summed E-state index contributed by atoms with van der Waals surface area (Å²) in [4.78, 5) is 1.58. The maximum Gasteiger partial charge on any atom is 0.125 e. The molecule has 0 aliphatic carbocycles. The average Bonchev–Trinajstić information content (AvgIpc) is 2.06. The smallest absolute Gasteiger partial charge is 0.125 e. The molecule has 1 aromatic carbocycles. The van der Waals surface area contributed by atoms with Gasteiger partial charge in [-0.3, -0.25) is 0 Å². The van der Waals surface area contributed by atoms with E-state index in [-0.39, 0.29) is 0 Å². The molecule has 1 nitrogen and oxygen atoms in total. The van der Waals surface area contributed by atoms with E-state index in [4.69, 9.17) is 7.05 Å². The summed E-state index contributed by atoms with van der Waals surface area (Å²) >= 11 is 0. The van der Waals surface area contributed by atoms with Crippen LogP contribution in [0.15, 0.2) is 24.3 Å². The molecule has 0 unspecified atom stereocenters. The fourth-order valence-corrected chi connectivity index (χ4v) is 1.53. The van der Waals surface area contributed by atoms with Gasteiger partial charge in [0.1, 0.15) is 7.05 Å². The van der Waals surface area contributed by atoms with Crippen LogP contribution in [0, 0.1) is 7.05 Å². The second kappa shape index (κ2) is 2.57. The van der Waals surface area contributed by atoms with Crippen LogP contribution < -0.4 is 4.90 Å². The van der Waals surface area contributed by atoms with Crippen LogP contribution in [0.25, 0.3) is 0 Å². The minimum Gasteiger partial charge on any atom is -0.358 e. The summed E-state index contributed by atoms with van der Waals surface area (Å²) in [5.74, 6) is 0. The van der Waals surface area contributed by atoms with E-state index in [1.165, 1.54) is 5.56 Å². The Labute approximate surface area is 67.6 Å². The van der Waals surface area contributed by atoms with Crippen LogP contribution in [0.4, 0.5) is 5.69 Å². The SMILES string of the molecule is [C]N1CCCc2ccccc21. The maximum absolute atomic E-state index is 7.59. The predicted octanol–water partition coefficient (Wildman–Crippen LogP) is 1.98. The Kier molecular flexibility index (Phi) is 1.57. The first-order chi connectivity index (χ1) is 5.38. The number of fused-ring (bicyclic) bond motifs is 1. The van der Waals surface area contributed by atoms with E-state index in [0.717, 1.165) is 25.1 Å². The highest BCUT2D eigenvalue weighted by Crippen LogP contribution is 2.25. The van der Waals surface area contributed by atoms with Gasteiger partial charge in [-0.05, 0) is 24.5 Å². The second-order valence-electron chi connectivity index (χ2n) is 2.88. The van der Waals surface area contributed by atoms with Crippen molar-refractivity contribution in [2.45, 2.75) is 12.8 Å². The molecule has 0 spiro atoms. The van der Waals surface area contributed by atoms with Crippen molar-refractivity contribution < 1.29 is 0 Å². The van der Waals surface area contributed by atoms with E-state index in [2.05, 4.69) is 6.07 Å². The number of anilines is 1. The summed E-state index contributed by atoms with van der Waals surface area (Å²) in [5, 5.41) is 0. The van der Waals surface area contributed by atoms with Crippen LogP contribution in [-0.2, 0) is 6.42 Å². The second-order valence-corrected chi connectivity index (χ2v) is 2.88. The van der Waals surface area contributed by atoms with E-state index in [0.29, 0.717) is 0 Å². The van der Waals surface area contributed by atoms with Gasteiger partial charge in [0.05, 0.1) is 0 Å². The van der Waals surface area contributed by atoms with E-state index >= 15 is 0 Å². The number of hydrogen-bond acceptors (Lipinski definition) is 1. The fourth-order valence-electron chi connectivity index (χ4n) is 1.53. The molecule has 1 aliphatic rings. The molecule has 0 aromatic heterocycles. The Morgan fingerprint density at radius 3 is 2.91 bits per heavy atom. The summed E-state index contributed by atoms with van der Waals surface area (Å²) < 4.78 is 0. The number of aryl methyl sites for hydroxylation is 1. The quantitative estimate of drug-likeness (QED) is 0.538. The molecule has 55 valence electrons. The zero-order valence-corrected chi connectivity index (χ0v) is 6.38. The third kappa shape index (κ3) is 1.11. The van der Waals surface area contributed by atoms with Gasteiger partial charge in [0, 0.05) is 12.2 Å². The number of benzene rings is 1. The van der Waals surface area contributed by atoms with Crippen LogP contribution in [0.5, 0.6) is 0 Å². The molecule has 0 saturated heterocycles. The minimum atomic E-state index is 0.872. The number of rotatable bonds is 0. The maximum atomic E-state index is 7.59. The Morgan fingerprint density at radius 2 is 2.09 bits per heavy atom. The summed E-state index contributed by atoms with van der Waals surface area (Å²) in [6.45, 7) is 0.872. The molecule has 0 fully saturated rings. The lowest BCUT2D eigenvalue weighted by Gasteiger charge is -2.25. The van der Waals surface area contributed by atoms with Gasteiger partial charge in [-0.2, -0.15) is 0 Å². The van der Waals surface area contributed by atoms with Crippen LogP contribution >= 0.6 is 0 Å². The van der Waals surface area contributed by atoms with Gasteiger partial charge in [-0.25, -0.2) is 0 Å². The fraction of sp³-hybridized carbons (Fsp3) is 0.300. The highest BCUT2D eigenvalue weighted by Gasteiger charge is 2.11. The first kappa shape index (κ1) is 6.71. The van der Waals surface area contributed by atoms with E-state index < -0.39 is 0 Å². The molecular weight excluding hydrogens is 134 g/mol. The topological polar surface area (TPSA) is 3.24 Å². The van der Waals surface area contributed by atoms with Crippen molar-refractivity contribution in [3.05, 3.63) is 36.9 Å². The molecule has 1 heterocycles. The molecule has 0 atom stereocenters. The minimum absolute atomic E-state index is 0.872. The van der Waals surface area contributed by atoms with Crippen molar-refractivity contribution in [2.75, 3.05) is 11.4 Å². The van der Waals surface area contributed by atoms with Gasteiger partial charge in [-0.1, -0.05) is 18.2 Å². The molecule has 0 bridgehead atoms. The summed E-state index contributed by atoms with van der Waals surface area (Å²) in [6.07, 6.45) is 2.24. The molecule has 1 heteroatoms. The lowest BCUT2D eigenvalue weighted by Crippen LogP contribution is -2.22. The van der Waals surface area contributed by atoms with Crippen LogP contribution in [0.2, 0.25) is 0 Å². The van der Waals surface area contributed by atoms with Crippen LogP contribution in [-0.4, -0.2) is 6.54 Å². The molecular formula is C10H10N. The third-order valence-corrected chi connectivity index (χ3v) is 2.11.